The van der Waals surface area contributed by atoms with Gasteiger partial charge >= 0.3 is 5.97 Å². The number of pyridine rings is 2. The Bertz CT molecular complexity index is 1790. The average Bonchev–Trinajstić information content (AvgIpc) is 3.30. The monoisotopic (exact) mass is 605 g/mol. The topological polar surface area (TPSA) is 124 Å². The molecule has 0 spiro atoms. The SMILES string of the molecule is C.Cc1ccc([C@H](CC(=O)O)c2ccn3c(C)nnc3c2C)cc1CN1C[C@@H]2CN(C)CCN2c2ncccc2S1(=O)=O. The fourth-order valence-electron chi connectivity index (χ4n) is 6.31. The van der Waals surface area contributed by atoms with E-state index in [0.717, 1.165) is 46.7 Å². The second kappa shape index (κ2) is 11.7. The van der Waals surface area contributed by atoms with Crippen molar-refractivity contribution in [2.45, 2.75) is 58.0 Å². The van der Waals surface area contributed by atoms with Crippen molar-refractivity contribution in [2.24, 2.45) is 0 Å². The van der Waals surface area contributed by atoms with Gasteiger partial charge in [0, 0.05) is 51.0 Å². The minimum Gasteiger partial charge on any atom is -0.481 e. The molecule has 228 valence electrons. The summed E-state index contributed by atoms with van der Waals surface area (Å²) in [7, 11) is -1.79. The highest BCUT2D eigenvalue weighted by atomic mass is 32.2. The predicted molar refractivity (Wildman–Crippen MR) is 165 cm³/mol. The molecule has 1 aromatic carbocycles. The van der Waals surface area contributed by atoms with Crippen LogP contribution < -0.4 is 4.90 Å². The van der Waals surface area contributed by atoms with E-state index in [2.05, 4.69) is 32.0 Å². The maximum absolute atomic E-state index is 14.1. The Labute approximate surface area is 252 Å². The largest absolute Gasteiger partial charge is 0.481 e. The van der Waals surface area contributed by atoms with Gasteiger partial charge in [-0.05, 0) is 73.8 Å². The number of hydrogen-bond donors (Lipinski definition) is 1. The Morgan fingerprint density at radius 1 is 1.09 bits per heavy atom. The van der Waals surface area contributed by atoms with Gasteiger partial charge in [-0.2, -0.15) is 4.31 Å². The molecule has 43 heavy (non-hydrogen) atoms. The number of carboxylic acids is 1. The van der Waals surface area contributed by atoms with Crippen LogP contribution in [-0.4, -0.2) is 87.5 Å². The van der Waals surface area contributed by atoms with E-state index in [0.29, 0.717) is 24.6 Å². The maximum atomic E-state index is 14.1. The van der Waals surface area contributed by atoms with Crippen molar-refractivity contribution < 1.29 is 18.3 Å². The molecular formula is C31H39N7O4S. The van der Waals surface area contributed by atoms with Crippen molar-refractivity contribution in [2.75, 3.05) is 38.1 Å². The van der Waals surface area contributed by atoms with E-state index < -0.39 is 21.9 Å². The van der Waals surface area contributed by atoms with E-state index in [4.69, 9.17) is 0 Å². The van der Waals surface area contributed by atoms with Gasteiger partial charge < -0.3 is 14.9 Å². The normalized spacial score (nSPS) is 19.3. The fourth-order valence-corrected chi connectivity index (χ4v) is 7.91. The van der Waals surface area contributed by atoms with Gasteiger partial charge in [-0.3, -0.25) is 9.20 Å². The number of likely N-dealkylation sites (N-methyl/N-ethyl adjacent to an activating group) is 1. The highest BCUT2D eigenvalue weighted by Gasteiger charge is 2.40. The molecule has 2 atom stereocenters. The number of fused-ring (bicyclic) bond motifs is 4. The molecule has 6 rings (SSSR count). The molecule has 0 amide bonds. The lowest BCUT2D eigenvalue weighted by Gasteiger charge is -2.40. The second-order valence-electron chi connectivity index (χ2n) is 11.4. The number of carboxylic acid groups (broad SMARTS) is 1. The molecular weight excluding hydrogens is 566 g/mol. The molecule has 11 nitrogen and oxygen atoms in total. The van der Waals surface area contributed by atoms with Crippen LogP contribution in [0.25, 0.3) is 5.65 Å². The fraction of sp³-hybridized carbons (Fsp3) is 0.419. The number of carbonyl (C=O) groups is 1. The first-order chi connectivity index (χ1) is 20.0. The highest BCUT2D eigenvalue weighted by molar-refractivity contribution is 7.89. The first kappa shape index (κ1) is 30.6. The summed E-state index contributed by atoms with van der Waals surface area (Å²) in [6, 6.07) is 11.1. The molecule has 5 heterocycles. The number of sulfonamides is 1. The van der Waals surface area contributed by atoms with Crippen molar-refractivity contribution in [1.82, 2.24) is 28.8 Å². The molecule has 12 heteroatoms. The van der Waals surface area contributed by atoms with E-state index in [-0.39, 0.29) is 31.3 Å². The number of nitrogens with zero attached hydrogens (tertiary/aromatic N) is 7. The van der Waals surface area contributed by atoms with Crippen LogP contribution >= 0.6 is 0 Å². The Morgan fingerprint density at radius 3 is 2.65 bits per heavy atom. The zero-order chi connectivity index (χ0) is 29.8. The zero-order valence-electron chi connectivity index (χ0n) is 24.2. The van der Waals surface area contributed by atoms with E-state index in [1.54, 1.807) is 22.6 Å². The number of aromatic nitrogens is 4. The summed E-state index contributed by atoms with van der Waals surface area (Å²) in [4.78, 5) is 21.2. The first-order valence-corrected chi connectivity index (χ1v) is 15.5. The van der Waals surface area contributed by atoms with Crippen LogP contribution in [0.2, 0.25) is 0 Å². The molecule has 1 saturated heterocycles. The minimum absolute atomic E-state index is 0. The molecule has 2 aliphatic heterocycles. The van der Waals surface area contributed by atoms with Gasteiger partial charge in [0.1, 0.15) is 16.5 Å². The third-order valence-electron chi connectivity index (χ3n) is 8.66. The van der Waals surface area contributed by atoms with E-state index in [1.165, 1.54) is 0 Å². The Morgan fingerprint density at radius 2 is 1.88 bits per heavy atom. The van der Waals surface area contributed by atoms with E-state index in [9.17, 15) is 18.3 Å². The first-order valence-electron chi connectivity index (χ1n) is 14.1. The number of aryl methyl sites for hydroxylation is 3. The van der Waals surface area contributed by atoms with Crippen LogP contribution in [0, 0.1) is 20.8 Å². The smallest absolute Gasteiger partial charge is 0.304 e. The summed E-state index contributed by atoms with van der Waals surface area (Å²) in [5, 5.41) is 18.4. The molecule has 3 aromatic heterocycles. The van der Waals surface area contributed by atoms with Gasteiger partial charge in [0.05, 0.1) is 12.5 Å². The number of aliphatic carboxylic acids is 1. The number of benzene rings is 1. The molecule has 1 fully saturated rings. The summed E-state index contributed by atoms with van der Waals surface area (Å²) in [5.74, 6) is -0.0957. The van der Waals surface area contributed by atoms with Crippen molar-refractivity contribution >= 4 is 27.5 Å². The van der Waals surface area contributed by atoms with Crippen LogP contribution in [0.4, 0.5) is 5.82 Å². The number of anilines is 1. The molecule has 2 aliphatic rings. The van der Waals surface area contributed by atoms with Gasteiger partial charge in [-0.1, -0.05) is 25.6 Å². The molecule has 0 saturated carbocycles. The molecule has 0 unspecified atom stereocenters. The van der Waals surface area contributed by atoms with Crippen molar-refractivity contribution in [1.29, 1.82) is 0 Å². The van der Waals surface area contributed by atoms with Gasteiger partial charge in [-0.25, -0.2) is 13.4 Å². The lowest BCUT2D eigenvalue weighted by atomic mass is 9.85. The van der Waals surface area contributed by atoms with Gasteiger partial charge in [0.25, 0.3) is 0 Å². The summed E-state index contributed by atoms with van der Waals surface area (Å²) in [6.45, 7) is 8.53. The maximum Gasteiger partial charge on any atom is 0.304 e. The van der Waals surface area contributed by atoms with Gasteiger partial charge in [0.2, 0.25) is 10.0 Å². The van der Waals surface area contributed by atoms with Crippen molar-refractivity contribution in [3.05, 3.63) is 82.4 Å². The predicted octanol–water partition coefficient (Wildman–Crippen LogP) is 3.62. The molecule has 4 aromatic rings. The Hall–Kier alpha value is -3.87. The second-order valence-corrected chi connectivity index (χ2v) is 13.3. The third-order valence-corrected chi connectivity index (χ3v) is 10.5. The van der Waals surface area contributed by atoms with Crippen LogP contribution in [0.15, 0.2) is 53.7 Å². The number of piperazine rings is 1. The van der Waals surface area contributed by atoms with Crippen LogP contribution in [-0.2, 0) is 21.4 Å². The number of rotatable bonds is 6. The summed E-state index contributed by atoms with van der Waals surface area (Å²) in [5.41, 5.74) is 5.01. The van der Waals surface area contributed by atoms with E-state index >= 15 is 0 Å². The lowest BCUT2D eigenvalue weighted by molar-refractivity contribution is -0.137. The Balaban J connectivity index is 0.00000368. The Kier molecular flexibility index (Phi) is 8.30. The van der Waals surface area contributed by atoms with Gasteiger partial charge in [-0.15, -0.1) is 10.2 Å². The molecule has 1 N–H and O–H groups in total. The van der Waals surface area contributed by atoms with Crippen molar-refractivity contribution in [3.63, 3.8) is 0 Å². The summed E-state index contributed by atoms with van der Waals surface area (Å²) in [6.07, 6.45) is 3.41. The summed E-state index contributed by atoms with van der Waals surface area (Å²) < 4.78 is 31.6. The minimum atomic E-state index is -3.84. The average molecular weight is 606 g/mol. The third kappa shape index (κ3) is 5.50. The molecule has 0 bridgehead atoms. The lowest BCUT2D eigenvalue weighted by Crippen LogP contribution is -2.55. The van der Waals surface area contributed by atoms with E-state index in [1.807, 2.05) is 55.6 Å². The van der Waals surface area contributed by atoms with Crippen molar-refractivity contribution in [3.8, 4) is 0 Å². The van der Waals surface area contributed by atoms with Crippen LogP contribution in [0.3, 0.4) is 0 Å². The highest BCUT2D eigenvalue weighted by Crippen LogP contribution is 2.36. The molecule has 0 radical (unpaired) electrons. The number of hydrogen-bond acceptors (Lipinski definition) is 8. The standard InChI is InChI=1S/C30H35N7O4S.CH4/c1-19-7-8-22(26(15-28(38)39)25-9-11-36-21(3)32-33-29(36)20(25)2)14-23(19)16-35-18-24-17-34(4)12-13-37(24)30-27(42(35,40)41)6-5-10-31-30;/h5-11,14,24,26H,12-13,15-18H2,1-4H3,(H,38,39);1H4/t24-,26-;/m0./s1. The molecule has 0 aliphatic carbocycles. The van der Waals surface area contributed by atoms with Gasteiger partial charge in [0.15, 0.2) is 5.65 Å². The zero-order valence-corrected chi connectivity index (χ0v) is 25.0. The quantitative estimate of drug-likeness (QED) is 0.351. The summed E-state index contributed by atoms with van der Waals surface area (Å²) >= 11 is 0. The van der Waals surface area contributed by atoms with Crippen LogP contribution in [0.5, 0.6) is 0 Å². The van der Waals surface area contributed by atoms with Crippen LogP contribution in [0.1, 0.15) is 53.4 Å².